The van der Waals surface area contributed by atoms with Gasteiger partial charge in [0.1, 0.15) is 5.75 Å². The Labute approximate surface area is 136 Å². The van der Waals surface area contributed by atoms with Gasteiger partial charge in [-0.05, 0) is 30.7 Å². The topological polar surface area (TPSA) is 67.2 Å². The second-order valence-corrected chi connectivity index (χ2v) is 6.64. The van der Waals surface area contributed by atoms with Gasteiger partial charge in [-0.25, -0.2) is 0 Å². The molecule has 2 aromatic rings. The molecule has 0 aliphatic heterocycles. The molecular formula is C18H17NO3S. The quantitative estimate of drug-likeness (QED) is 0.621. The summed E-state index contributed by atoms with van der Waals surface area (Å²) in [6, 6.07) is 16.5. The third kappa shape index (κ3) is 4.44. The molecule has 0 saturated carbocycles. The van der Waals surface area contributed by atoms with Crippen molar-refractivity contribution in [2.75, 3.05) is 6.26 Å². The van der Waals surface area contributed by atoms with Crippen LogP contribution in [0.15, 0.2) is 60.7 Å². The van der Waals surface area contributed by atoms with E-state index in [0.29, 0.717) is 11.1 Å². The van der Waals surface area contributed by atoms with Gasteiger partial charge in [0.15, 0.2) is 0 Å². The predicted molar refractivity (Wildman–Crippen MR) is 89.7 cm³/mol. The van der Waals surface area contributed by atoms with Crippen molar-refractivity contribution in [3.63, 3.8) is 0 Å². The summed E-state index contributed by atoms with van der Waals surface area (Å²) >= 11 is 0. The summed E-state index contributed by atoms with van der Waals surface area (Å²) in [5.74, 6) is 0.0321. The highest BCUT2D eigenvalue weighted by Gasteiger charge is 2.19. The van der Waals surface area contributed by atoms with Crippen molar-refractivity contribution in [1.29, 1.82) is 5.26 Å². The van der Waals surface area contributed by atoms with Crippen LogP contribution < -0.4 is 4.18 Å². The summed E-state index contributed by atoms with van der Waals surface area (Å²) in [5.41, 5.74) is 2.07. The van der Waals surface area contributed by atoms with Gasteiger partial charge in [-0.2, -0.15) is 13.7 Å². The molecule has 2 aromatic carbocycles. The summed E-state index contributed by atoms with van der Waals surface area (Å²) in [5, 5.41) is 9.14. The highest BCUT2D eigenvalue weighted by molar-refractivity contribution is 7.86. The summed E-state index contributed by atoms with van der Waals surface area (Å²) in [6.07, 6.45) is 4.84. The van der Waals surface area contributed by atoms with Crippen molar-refractivity contribution in [3.05, 3.63) is 77.4 Å². The van der Waals surface area contributed by atoms with Gasteiger partial charge in [0.2, 0.25) is 0 Å². The molecule has 0 radical (unpaired) electrons. The molecule has 0 aliphatic rings. The maximum Gasteiger partial charge on any atom is 0.306 e. The van der Waals surface area contributed by atoms with Gasteiger partial charge in [-0.1, -0.05) is 42.5 Å². The van der Waals surface area contributed by atoms with E-state index in [-0.39, 0.29) is 11.7 Å². The molecule has 0 fully saturated rings. The van der Waals surface area contributed by atoms with Gasteiger partial charge < -0.3 is 4.18 Å². The molecule has 0 amide bonds. The zero-order chi connectivity index (χ0) is 16.9. The molecule has 0 unspecified atom stereocenters. The fourth-order valence-electron chi connectivity index (χ4n) is 2.35. The number of allylic oxidation sites excluding steroid dienone is 2. The SMILES string of the molecule is C/C=C/[C@@H](c1ccccc1)c1cc(C#N)ccc1OS(C)(=O)=O. The van der Waals surface area contributed by atoms with E-state index in [9.17, 15) is 8.42 Å². The molecule has 0 heterocycles. The van der Waals surface area contributed by atoms with Crippen LogP contribution >= 0.6 is 0 Å². The summed E-state index contributed by atoms with van der Waals surface area (Å²) in [4.78, 5) is 0. The highest BCUT2D eigenvalue weighted by atomic mass is 32.2. The van der Waals surface area contributed by atoms with Crippen molar-refractivity contribution in [3.8, 4) is 11.8 Å². The molecule has 23 heavy (non-hydrogen) atoms. The van der Waals surface area contributed by atoms with E-state index in [1.165, 1.54) is 6.07 Å². The lowest BCUT2D eigenvalue weighted by atomic mass is 9.89. The average molecular weight is 327 g/mol. The van der Waals surface area contributed by atoms with Crippen LogP contribution in [0.5, 0.6) is 5.75 Å². The Kier molecular flexibility index (Phi) is 5.20. The van der Waals surface area contributed by atoms with Crippen LogP contribution in [0.25, 0.3) is 0 Å². The third-order valence-corrected chi connectivity index (χ3v) is 3.74. The van der Waals surface area contributed by atoms with Crippen molar-refractivity contribution < 1.29 is 12.6 Å². The molecule has 0 saturated heterocycles. The molecule has 0 aromatic heterocycles. The summed E-state index contributed by atoms with van der Waals surface area (Å²) in [6.45, 7) is 1.89. The Morgan fingerprint density at radius 1 is 1.17 bits per heavy atom. The van der Waals surface area contributed by atoms with E-state index in [0.717, 1.165) is 11.8 Å². The van der Waals surface area contributed by atoms with Crippen molar-refractivity contribution >= 4 is 10.1 Å². The Morgan fingerprint density at radius 3 is 2.43 bits per heavy atom. The lowest BCUT2D eigenvalue weighted by Gasteiger charge is -2.18. The van der Waals surface area contributed by atoms with Gasteiger partial charge in [-0.3, -0.25) is 0 Å². The zero-order valence-electron chi connectivity index (χ0n) is 12.9. The first-order chi connectivity index (χ1) is 10.9. The van der Waals surface area contributed by atoms with Gasteiger partial charge >= 0.3 is 10.1 Å². The Morgan fingerprint density at radius 2 is 1.87 bits per heavy atom. The summed E-state index contributed by atoms with van der Waals surface area (Å²) < 4.78 is 28.1. The first kappa shape index (κ1) is 16.8. The van der Waals surface area contributed by atoms with Gasteiger partial charge in [-0.15, -0.1) is 0 Å². The van der Waals surface area contributed by atoms with Crippen LogP contribution in [-0.2, 0) is 10.1 Å². The Bertz CT molecular complexity index is 850. The van der Waals surface area contributed by atoms with Gasteiger partial charge in [0.25, 0.3) is 0 Å². The van der Waals surface area contributed by atoms with Crippen LogP contribution in [0.1, 0.15) is 29.5 Å². The predicted octanol–water partition coefficient (Wildman–Crippen LogP) is 3.60. The minimum atomic E-state index is -3.66. The van der Waals surface area contributed by atoms with Crippen LogP contribution in [0.3, 0.4) is 0 Å². The van der Waals surface area contributed by atoms with E-state index in [2.05, 4.69) is 6.07 Å². The monoisotopic (exact) mass is 327 g/mol. The first-order valence-corrected chi connectivity index (χ1v) is 8.87. The van der Waals surface area contributed by atoms with E-state index in [1.54, 1.807) is 12.1 Å². The third-order valence-electron chi connectivity index (χ3n) is 3.26. The zero-order valence-corrected chi connectivity index (χ0v) is 13.7. The van der Waals surface area contributed by atoms with Crippen LogP contribution in [0.2, 0.25) is 0 Å². The number of nitrogens with zero attached hydrogens (tertiary/aromatic N) is 1. The van der Waals surface area contributed by atoms with Crippen LogP contribution in [0, 0.1) is 11.3 Å². The minimum Gasteiger partial charge on any atom is -0.382 e. The minimum absolute atomic E-state index is 0.203. The van der Waals surface area contributed by atoms with Gasteiger partial charge in [0, 0.05) is 11.5 Å². The molecule has 0 bridgehead atoms. The Balaban J connectivity index is 2.63. The number of benzene rings is 2. The number of nitriles is 1. The number of hydrogen-bond acceptors (Lipinski definition) is 4. The standard InChI is InChI=1S/C18H17NO3S/c1-3-7-16(15-8-5-4-6-9-15)17-12-14(13-19)10-11-18(17)22-23(2,20)21/h3-12,16H,1-2H3/b7-3+/t16-/m0/s1. The fraction of sp³-hybridized carbons (Fsp3) is 0.167. The molecule has 5 heteroatoms. The van der Waals surface area contributed by atoms with E-state index >= 15 is 0 Å². The van der Waals surface area contributed by atoms with Crippen LogP contribution in [0.4, 0.5) is 0 Å². The van der Waals surface area contributed by atoms with Crippen LogP contribution in [-0.4, -0.2) is 14.7 Å². The fourth-order valence-corrected chi connectivity index (χ4v) is 2.83. The molecular weight excluding hydrogens is 310 g/mol. The number of rotatable bonds is 5. The lowest BCUT2D eigenvalue weighted by Crippen LogP contribution is -2.09. The maximum atomic E-state index is 11.5. The molecule has 4 nitrogen and oxygen atoms in total. The molecule has 118 valence electrons. The van der Waals surface area contributed by atoms with E-state index < -0.39 is 10.1 Å². The Hall–Kier alpha value is -2.58. The van der Waals surface area contributed by atoms with Crippen molar-refractivity contribution in [2.24, 2.45) is 0 Å². The molecule has 1 atom stereocenters. The molecule has 0 N–H and O–H groups in total. The first-order valence-electron chi connectivity index (χ1n) is 7.06. The lowest BCUT2D eigenvalue weighted by molar-refractivity contribution is 0.489. The average Bonchev–Trinajstić information content (AvgIpc) is 2.53. The normalized spacial score (nSPS) is 12.7. The van der Waals surface area contributed by atoms with Crippen molar-refractivity contribution in [1.82, 2.24) is 0 Å². The second-order valence-electron chi connectivity index (χ2n) is 5.07. The smallest absolute Gasteiger partial charge is 0.306 e. The molecule has 0 aliphatic carbocycles. The molecule has 0 spiro atoms. The second kappa shape index (κ2) is 7.12. The summed E-state index contributed by atoms with van der Waals surface area (Å²) in [7, 11) is -3.66. The maximum absolute atomic E-state index is 11.5. The highest BCUT2D eigenvalue weighted by Crippen LogP contribution is 2.34. The molecule has 2 rings (SSSR count). The van der Waals surface area contributed by atoms with Gasteiger partial charge in [0.05, 0.1) is 17.9 Å². The van der Waals surface area contributed by atoms with E-state index in [1.807, 2.05) is 49.4 Å². The number of hydrogen-bond donors (Lipinski definition) is 0. The largest absolute Gasteiger partial charge is 0.382 e. The van der Waals surface area contributed by atoms with E-state index in [4.69, 9.17) is 9.44 Å². The van der Waals surface area contributed by atoms with Crippen molar-refractivity contribution in [2.45, 2.75) is 12.8 Å².